The molecule has 0 aromatic carbocycles. The second-order valence-corrected chi connectivity index (χ2v) is 6.45. The molecule has 0 fully saturated rings. The van der Waals surface area contributed by atoms with Gasteiger partial charge in [-0.2, -0.15) is 5.10 Å². The molecule has 5 heteroatoms. The highest BCUT2D eigenvalue weighted by atomic mass is 79.9. The lowest BCUT2D eigenvalue weighted by Gasteiger charge is -2.05. The van der Waals surface area contributed by atoms with Crippen molar-refractivity contribution in [1.82, 2.24) is 15.1 Å². The monoisotopic (exact) mass is 313 g/mol. The van der Waals surface area contributed by atoms with E-state index in [1.54, 1.807) is 11.3 Å². The van der Waals surface area contributed by atoms with Gasteiger partial charge in [0.1, 0.15) is 0 Å². The maximum Gasteiger partial charge on any atom is 0.0701 e. The summed E-state index contributed by atoms with van der Waals surface area (Å²) in [5.41, 5.74) is 2.34. The maximum atomic E-state index is 4.43. The first-order valence-corrected chi connectivity index (χ1v) is 7.28. The third-order valence-electron chi connectivity index (χ3n) is 2.52. The van der Waals surface area contributed by atoms with Crippen LogP contribution in [0, 0.1) is 6.92 Å². The van der Waals surface area contributed by atoms with Crippen LogP contribution in [0.4, 0.5) is 0 Å². The van der Waals surface area contributed by atoms with Crippen LogP contribution in [0.25, 0.3) is 0 Å². The van der Waals surface area contributed by atoms with E-state index in [0.717, 1.165) is 25.3 Å². The molecule has 0 spiro atoms. The standard InChI is InChI=1S/C12H16BrN3S/c1-3-16-10(6-9(2)15-16)7-14-8-11-4-5-12(13)17-11/h4-6,14H,3,7-8H2,1-2H3. The number of aryl methyl sites for hydroxylation is 2. The summed E-state index contributed by atoms with van der Waals surface area (Å²) in [4.78, 5) is 1.34. The highest BCUT2D eigenvalue weighted by Crippen LogP contribution is 2.21. The second-order valence-electron chi connectivity index (χ2n) is 3.90. The number of halogens is 1. The lowest BCUT2D eigenvalue weighted by atomic mass is 10.3. The summed E-state index contributed by atoms with van der Waals surface area (Å²) in [6.45, 7) is 6.85. The van der Waals surface area contributed by atoms with Crippen molar-refractivity contribution in [2.75, 3.05) is 0 Å². The lowest BCUT2D eigenvalue weighted by molar-refractivity contribution is 0.581. The fourth-order valence-electron chi connectivity index (χ4n) is 1.78. The van der Waals surface area contributed by atoms with Gasteiger partial charge in [-0.1, -0.05) is 0 Å². The van der Waals surface area contributed by atoms with Gasteiger partial charge in [0.15, 0.2) is 0 Å². The van der Waals surface area contributed by atoms with Crippen LogP contribution in [0.2, 0.25) is 0 Å². The molecule has 0 unspecified atom stereocenters. The van der Waals surface area contributed by atoms with E-state index in [1.807, 2.05) is 11.6 Å². The summed E-state index contributed by atoms with van der Waals surface area (Å²) in [5, 5.41) is 7.88. The summed E-state index contributed by atoms with van der Waals surface area (Å²) < 4.78 is 3.23. The Labute approximate surface area is 114 Å². The molecule has 92 valence electrons. The number of nitrogens with one attached hydrogen (secondary N) is 1. The average molecular weight is 314 g/mol. The summed E-state index contributed by atoms with van der Waals surface area (Å²) in [6, 6.07) is 6.37. The molecule has 1 N–H and O–H groups in total. The van der Waals surface area contributed by atoms with Crippen LogP contribution in [-0.4, -0.2) is 9.78 Å². The third kappa shape index (κ3) is 3.40. The normalized spacial score (nSPS) is 11.0. The molecule has 2 heterocycles. The van der Waals surface area contributed by atoms with Crippen molar-refractivity contribution >= 4 is 27.3 Å². The minimum Gasteiger partial charge on any atom is -0.306 e. The van der Waals surface area contributed by atoms with E-state index in [0.29, 0.717) is 0 Å². The number of thiophene rings is 1. The Kier molecular flexibility index (Phi) is 4.36. The predicted molar refractivity (Wildman–Crippen MR) is 75.2 cm³/mol. The van der Waals surface area contributed by atoms with Crippen LogP contribution in [0.3, 0.4) is 0 Å². The van der Waals surface area contributed by atoms with Crippen molar-refractivity contribution in [2.24, 2.45) is 0 Å². The van der Waals surface area contributed by atoms with Gasteiger partial charge in [-0.15, -0.1) is 11.3 Å². The van der Waals surface area contributed by atoms with E-state index in [-0.39, 0.29) is 0 Å². The first-order valence-electron chi connectivity index (χ1n) is 5.67. The molecule has 0 radical (unpaired) electrons. The summed E-state index contributed by atoms with van der Waals surface area (Å²) in [5.74, 6) is 0. The van der Waals surface area contributed by atoms with Crippen LogP contribution < -0.4 is 5.32 Å². The van der Waals surface area contributed by atoms with Crippen molar-refractivity contribution < 1.29 is 0 Å². The number of nitrogens with zero attached hydrogens (tertiary/aromatic N) is 2. The van der Waals surface area contributed by atoms with Gasteiger partial charge in [-0.05, 0) is 48.0 Å². The summed E-state index contributed by atoms with van der Waals surface area (Å²) >= 11 is 5.24. The molecule has 0 saturated carbocycles. The topological polar surface area (TPSA) is 29.9 Å². The fourth-order valence-corrected chi connectivity index (χ4v) is 3.23. The number of aromatic nitrogens is 2. The minimum absolute atomic E-state index is 0.865. The van der Waals surface area contributed by atoms with Gasteiger partial charge in [-0.3, -0.25) is 4.68 Å². The van der Waals surface area contributed by atoms with Gasteiger partial charge in [0, 0.05) is 24.5 Å². The zero-order chi connectivity index (χ0) is 12.3. The Morgan fingerprint density at radius 1 is 1.41 bits per heavy atom. The highest BCUT2D eigenvalue weighted by molar-refractivity contribution is 9.11. The molecule has 0 atom stereocenters. The third-order valence-corrected chi connectivity index (χ3v) is 4.14. The van der Waals surface area contributed by atoms with Crippen molar-refractivity contribution in [3.05, 3.63) is 38.3 Å². The molecule has 3 nitrogen and oxygen atoms in total. The molecular formula is C12H16BrN3S. The van der Waals surface area contributed by atoms with Crippen LogP contribution in [0.1, 0.15) is 23.2 Å². The van der Waals surface area contributed by atoms with Crippen LogP contribution in [-0.2, 0) is 19.6 Å². The number of hydrogen-bond donors (Lipinski definition) is 1. The summed E-state index contributed by atoms with van der Waals surface area (Å²) in [7, 11) is 0. The van der Waals surface area contributed by atoms with Crippen LogP contribution in [0.5, 0.6) is 0 Å². The molecule has 0 aliphatic carbocycles. The van der Waals surface area contributed by atoms with Gasteiger partial charge >= 0.3 is 0 Å². The second kappa shape index (κ2) is 5.80. The zero-order valence-corrected chi connectivity index (χ0v) is 12.4. The Bertz CT molecular complexity index is 490. The Morgan fingerprint density at radius 3 is 2.88 bits per heavy atom. The first kappa shape index (κ1) is 12.8. The minimum atomic E-state index is 0.865. The predicted octanol–water partition coefficient (Wildman–Crippen LogP) is 3.33. The molecule has 0 bridgehead atoms. The average Bonchev–Trinajstić information content (AvgIpc) is 2.85. The fraction of sp³-hybridized carbons (Fsp3) is 0.417. The van der Waals surface area contributed by atoms with Gasteiger partial charge < -0.3 is 5.32 Å². The SMILES string of the molecule is CCn1nc(C)cc1CNCc1ccc(Br)s1. The molecule has 0 saturated heterocycles. The Balaban J connectivity index is 1.89. The van der Waals surface area contributed by atoms with E-state index < -0.39 is 0 Å². The molecular weight excluding hydrogens is 298 g/mol. The molecule has 0 aliphatic heterocycles. The number of hydrogen-bond acceptors (Lipinski definition) is 3. The van der Waals surface area contributed by atoms with Gasteiger partial charge in [0.2, 0.25) is 0 Å². The van der Waals surface area contributed by atoms with Crippen molar-refractivity contribution in [3.63, 3.8) is 0 Å². The van der Waals surface area contributed by atoms with E-state index >= 15 is 0 Å². The van der Waals surface area contributed by atoms with E-state index in [9.17, 15) is 0 Å². The molecule has 0 amide bonds. The largest absolute Gasteiger partial charge is 0.306 e. The smallest absolute Gasteiger partial charge is 0.0701 e. The molecule has 2 rings (SSSR count). The Hall–Kier alpha value is -0.650. The van der Waals surface area contributed by atoms with Crippen LogP contribution in [0.15, 0.2) is 22.0 Å². The quantitative estimate of drug-likeness (QED) is 0.917. The van der Waals surface area contributed by atoms with Gasteiger partial charge in [0.25, 0.3) is 0 Å². The van der Waals surface area contributed by atoms with Gasteiger partial charge in [-0.25, -0.2) is 0 Å². The molecule has 2 aromatic rings. The van der Waals surface area contributed by atoms with E-state index in [4.69, 9.17) is 0 Å². The number of rotatable bonds is 5. The highest BCUT2D eigenvalue weighted by Gasteiger charge is 2.03. The lowest BCUT2D eigenvalue weighted by Crippen LogP contribution is -2.15. The first-order chi connectivity index (χ1) is 8.19. The van der Waals surface area contributed by atoms with E-state index in [1.165, 1.54) is 14.4 Å². The molecule has 17 heavy (non-hydrogen) atoms. The van der Waals surface area contributed by atoms with Crippen molar-refractivity contribution in [1.29, 1.82) is 0 Å². The molecule has 2 aromatic heterocycles. The zero-order valence-electron chi connectivity index (χ0n) is 10.0. The van der Waals surface area contributed by atoms with Crippen molar-refractivity contribution in [3.8, 4) is 0 Å². The van der Waals surface area contributed by atoms with Gasteiger partial charge in [0.05, 0.1) is 15.2 Å². The molecule has 0 aliphatic rings. The Morgan fingerprint density at radius 2 is 2.24 bits per heavy atom. The summed E-state index contributed by atoms with van der Waals surface area (Å²) in [6.07, 6.45) is 0. The van der Waals surface area contributed by atoms with E-state index in [2.05, 4.69) is 51.5 Å². The van der Waals surface area contributed by atoms with Crippen molar-refractivity contribution in [2.45, 2.75) is 33.5 Å². The van der Waals surface area contributed by atoms with Crippen LogP contribution >= 0.6 is 27.3 Å². The maximum absolute atomic E-state index is 4.43.